The van der Waals surface area contributed by atoms with Crippen LogP contribution in [0, 0.1) is 21.7 Å². The molecule has 100 heavy (non-hydrogen) atoms. The molecule has 0 N–H and O–H groups in total. The highest BCUT2D eigenvalue weighted by Crippen LogP contribution is 2.63. The summed E-state index contributed by atoms with van der Waals surface area (Å²) in [6.07, 6.45) is 0. The summed E-state index contributed by atoms with van der Waals surface area (Å²) in [5.41, 5.74) is -36.1. The molecule has 4 aliphatic rings. The summed E-state index contributed by atoms with van der Waals surface area (Å²) in [5, 5.41) is 0. The van der Waals surface area contributed by atoms with Gasteiger partial charge in [0, 0.05) is 22.3 Å². The first-order chi connectivity index (χ1) is 47.1. The van der Waals surface area contributed by atoms with Crippen molar-refractivity contribution in [1.29, 1.82) is 0 Å². The van der Waals surface area contributed by atoms with E-state index >= 15 is 0 Å². The monoisotopic (exact) mass is 1420 g/mol. The number of esters is 20. The van der Waals surface area contributed by atoms with Gasteiger partial charge >= 0.3 is 119 Å². The maximum Gasteiger partial charge on any atom is 0.339 e. The summed E-state index contributed by atoms with van der Waals surface area (Å²) < 4.78 is 96.1. The lowest BCUT2D eigenvalue weighted by molar-refractivity contribution is -0.168. The van der Waals surface area contributed by atoms with Gasteiger partial charge in [-0.05, 0) is 0 Å². The van der Waals surface area contributed by atoms with Crippen LogP contribution in [0.2, 0.25) is 0 Å². The first kappa shape index (κ1) is 81.6. The minimum absolute atomic E-state index is 0.656. The first-order valence-electron chi connectivity index (χ1n) is 26.8. The lowest BCUT2D eigenvalue weighted by Gasteiger charge is -2.35. The molecule has 0 unspecified atom stereocenters. The predicted octanol–water partition coefficient (Wildman–Crippen LogP) is -4.19. The normalized spacial score (nSPS) is 15.8. The Morgan fingerprint density at radius 3 is 0.470 bits per heavy atom. The van der Waals surface area contributed by atoms with E-state index in [4.69, 9.17) is 94.7 Å². The topological polar surface area (TPSA) is 526 Å². The van der Waals surface area contributed by atoms with Crippen molar-refractivity contribution in [1.82, 2.24) is 0 Å². The smallest absolute Gasteiger partial charge is 0.339 e. The molecule has 0 aromatic carbocycles. The van der Waals surface area contributed by atoms with E-state index in [1.165, 1.54) is 0 Å². The Morgan fingerprint density at radius 2 is 0.300 bits per heavy atom. The summed E-state index contributed by atoms with van der Waals surface area (Å²) in [4.78, 5) is 276. The number of carbonyl (C=O) groups is 20. The van der Waals surface area contributed by atoms with E-state index < -0.39 is 230 Å². The number of carbonyl (C=O) groups excluding carboxylic acids is 20. The fourth-order valence-electron chi connectivity index (χ4n) is 11.3. The number of ether oxygens (including phenoxy) is 20. The average Bonchev–Trinajstić information content (AvgIpc) is 1.51. The van der Waals surface area contributed by atoms with Gasteiger partial charge in [0.2, 0.25) is 21.7 Å². The van der Waals surface area contributed by atoms with Crippen molar-refractivity contribution in [2.75, 3.05) is 142 Å². The number of hydrogen-bond acceptors (Lipinski definition) is 40. The summed E-state index contributed by atoms with van der Waals surface area (Å²) in [6, 6.07) is 0. The quantitative estimate of drug-likeness (QED) is 0.0563. The van der Waals surface area contributed by atoms with Crippen LogP contribution in [0.1, 0.15) is 0 Å². The van der Waals surface area contributed by atoms with E-state index in [0.29, 0.717) is 99.5 Å². The van der Waals surface area contributed by atoms with Crippen molar-refractivity contribution >= 4 is 119 Å². The largest absolute Gasteiger partial charge is 0.468 e. The van der Waals surface area contributed by atoms with Crippen LogP contribution in [0.15, 0.2) is 89.2 Å². The van der Waals surface area contributed by atoms with Gasteiger partial charge in [-0.15, -0.1) is 0 Å². The Bertz CT molecular complexity index is 3650. The Labute approximate surface area is 561 Å². The second kappa shape index (κ2) is 32.4. The van der Waals surface area contributed by atoms with E-state index in [2.05, 4.69) is 0 Å². The highest BCUT2D eigenvalue weighted by molar-refractivity contribution is 6.33. The second-order valence-corrected chi connectivity index (χ2v) is 18.8. The SMILES string of the molecule is COC(=O)C1=C(C(=O)OC)C(C(=O)OC)(C(=O)OC)C(C(=O)OC)=C1C1=C(C(=O)OC)C(C(=O)OC)(C(=O)OC)C(C(=O)OC)=C1C(=O)OC.COC(=O)C1=C(C(=O)OC)C(C(=O)OC)(C(=O)OC)C(C2=C(C(=O)OC)C(C(=O)OC)=C(C(=O)OC)C2(C(=O)OC)C(=O)OC)=C1C(=O)OC. The molecule has 0 radical (unpaired) electrons. The molecule has 0 bridgehead atoms. The molecule has 40 heteroatoms. The van der Waals surface area contributed by atoms with Crippen LogP contribution in [-0.4, -0.2) is 262 Å². The van der Waals surface area contributed by atoms with Gasteiger partial charge in [0.25, 0.3) is 0 Å². The molecular formula is C60H60O40. The average molecular weight is 1420 g/mol. The van der Waals surface area contributed by atoms with Gasteiger partial charge in [0.1, 0.15) is 0 Å². The van der Waals surface area contributed by atoms with E-state index in [1.807, 2.05) is 0 Å². The minimum atomic E-state index is -3.68. The van der Waals surface area contributed by atoms with Crippen molar-refractivity contribution in [2.45, 2.75) is 0 Å². The minimum Gasteiger partial charge on any atom is -0.468 e. The molecule has 0 saturated heterocycles. The summed E-state index contributed by atoms with van der Waals surface area (Å²) in [6.45, 7) is 0. The standard InChI is InChI=1S/2C30H30O20/c1-41-19(31)11-13(21(33)43-3)17(23(35)45-5)29(25(37)47-7,26(38)48-8)15(11)16-12(20(32)42-2)14(22(34)44-4)18(24(36)46-6)30(16,27(39)49-9)28(40)50-10;1-41-19(31)13-11(15(21(33)43-3)29(25(37)47-7,26(38)48-8)17(13)23(35)45-5)12-14(20(32)42-2)18(24(36)46-6)30(27(39)49-9,28(40)50-10)16(12)22(34)44-4/h2*1-10H3. The molecule has 0 aliphatic heterocycles. The van der Waals surface area contributed by atoms with Gasteiger partial charge in [-0.3, -0.25) is 38.4 Å². The van der Waals surface area contributed by atoms with Crippen LogP contribution in [-0.2, 0) is 191 Å². The molecule has 4 rings (SSSR count). The van der Waals surface area contributed by atoms with Crippen molar-refractivity contribution < 1.29 is 191 Å². The van der Waals surface area contributed by atoms with Crippen molar-refractivity contribution in [3.8, 4) is 0 Å². The van der Waals surface area contributed by atoms with Gasteiger partial charge < -0.3 is 94.7 Å². The molecule has 540 valence electrons. The van der Waals surface area contributed by atoms with Crippen LogP contribution in [0.25, 0.3) is 0 Å². The molecular weight excluding hydrogens is 1360 g/mol. The third kappa shape index (κ3) is 11.7. The molecule has 0 amide bonds. The number of methoxy groups -OCH3 is 20. The highest BCUT2D eigenvalue weighted by Gasteiger charge is 2.75. The maximum atomic E-state index is 14.2. The first-order valence-corrected chi connectivity index (χ1v) is 26.8. The fourth-order valence-corrected chi connectivity index (χ4v) is 11.3. The molecule has 0 fully saturated rings. The van der Waals surface area contributed by atoms with Crippen LogP contribution in [0.3, 0.4) is 0 Å². The van der Waals surface area contributed by atoms with E-state index in [-0.39, 0.29) is 0 Å². The van der Waals surface area contributed by atoms with Crippen LogP contribution in [0.4, 0.5) is 0 Å². The Balaban J connectivity index is 0.000000520. The zero-order chi connectivity index (χ0) is 76.9. The van der Waals surface area contributed by atoms with Gasteiger partial charge in [-0.1, -0.05) is 0 Å². The summed E-state index contributed by atoms with van der Waals surface area (Å²) >= 11 is 0. The lowest BCUT2D eigenvalue weighted by atomic mass is 9.64. The Hall–Kier alpha value is -12.7. The number of rotatable bonds is 22. The van der Waals surface area contributed by atoms with Crippen molar-refractivity contribution in [3.05, 3.63) is 89.2 Å². The van der Waals surface area contributed by atoms with E-state index in [1.54, 1.807) is 0 Å². The molecule has 0 saturated carbocycles. The third-order valence-corrected chi connectivity index (χ3v) is 15.1. The summed E-state index contributed by atoms with van der Waals surface area (Å²) in [7, 11) is 14.0. The van der Waals surface area contributed by atoms with E-state index in [9.17, 15) is 95.9 Å². The van der Waals surface area contributed by atoms with E-state index in [0.717, 1.165) is 42.7 Å². The molecule has 0 aromatic heterocycles. The zero-order valence-electron chi connectivity index (χ0n) is 56.3. The molecule has 40 nitrogen and oxygen atoms in total. The predicted molar refractivity (Wildman–Crippen MR) is 306 cm³/mol. The van der Waals surface area contributed by atoms with Gasteiger partial charge in [-0.25, -0.2) is 57.5 Å². The van der Waals surface area contributed by atoms with Gasteiger partial charge in [0.05, 0.1) is 209 Å². The Kier molecular flexibility index (Phi) is 26.4. The summed E-state index contributed by atoms with van der Waals surface area (Å²) in [5.74, 6) is -35.4. The molecule has 0 heterocycles. The second-order valence-electron chi connectivity index (χ2n) is 18.8. The lowest BCUT2D eigenvalue weighted by Crippen LogP contribution is -2.51. The highest BCUT2D eigenvalue weighted by atomic mass is 16.6. The number of hydrogen-bond donors (Lipinski definition) is 0. The third-order valence-electron chi connectivity index (χ3n) is 15.1. The molecule has 4 aliphatic carbocycles. The van der Waals surface area contributed by atoms with Crippen molar-refractivity contribution in [2.24, 2.45) is 21.7 Å². The van der Waals surface area contributed by atoms with Gasteiger partial charge in [-0.2, -0.15) is 0 Å². The molecule has 0 atom stereocenters. The van der Waals surface area contributed by atoms with Crippen LogP contribution < -0.4 is 0 Å². The zero-order valence-corrected chi connectivity index (χ0v) is 56.3. The Morgan fingerprint density at radius 1 is 0.160 bits per heavy atom. The van der Waals surface area contributed by atoms with Crippen molar-refractivity contribution in [3.63, 3.8) is 0 Å². The maximum absolute atomic E-state index is 14.2. The molecule has 0 spiro atoms. The van der Waals surface area contributed by atoms with Gasteiger partial charge in [0.15, 0.2) is 0 Å². The molecule has 0 aromatic rings. The fraction of sp³-hybridized carbons (Fsp3) is 0.400. The van der Waals surface area contributed by atoms with Crippen LogP contribution >= 0.6 is 0 Å². The van der Waals surface area contributed by atoms with Crippen LogP contribution in [0.5, 0.6) is 0 Å².